The molecule has 0 radical (unpaired) electrons. The smallest absolute Gasteiger partial charge is 0.260 e. The number of nitrogens with zero attached hydrogens (tertiary/aromatic N) is 1. The molecule has 20 heavy (non-hydrogen) atoms. The van der Waals surface area contributed by atoms with Crippen LogP contribution in [-0.2, 0) is 4.79 Å². The first-order chi connectivity index (χ1) is 9.60. The number of amides is 1. The average molecular weight is 281 g/mol. The first kappa shape index (κ1) is 16.5. The number of hydrogen-bond acceptors (Lipinski definition) is 2. The van der Waals surface area contributed by atoms with Crippen LogP contribution in [0.1, 0.15) is 40.0 Å². The minimum Gasteiger partial charge on any atom is -0.481 e. The molecular weight excluding hydrogens is 257 g/mol. The van der Waals surface area contributed by atoms with Crippen molar-refractivity contribution < 1.29 is 13.9 Å². The number of benzene rings is 1. The van der Waals surface area contributed by atoms with E-state index in [1.807, 2.05) is 11.8 Å². The van der Waals surface area contributed by atoms with Crippen molar-refractivity contribution in [3.63, 3.8) is 0 Å². The van der Waals surface area contributed by atoms with Crippen molar-refractivity contribution in [3.8, 4) is 5.75 Å². The first-order valence-electron chi connectivity index (χ1n) is 7.26. The molecule has 1 aromatic rings. The monoisotopic (exact) mass is 281 g/mol. The second-order valence-corrected chi connectivity index (χ2v) is 4.92. The van der Waals surface area contributed by atoms with Crippen molar-refractivity contribution in [1.82, 2.24) is 4.90 Å². The van der Waals surface area contributed by atoms with E-state index in [0.717, 1.165) is 25.8 Å². The molecule has 0 fully saturated rings. The molecule has 3 nitrogen and oxygen atoms in total. The van der Waals surface area contributed by atoms with Gasteiger partial charge < -0.3 is 9.64 Å². The van der Waals surface area contributed by atoms with Crippen molar-refractivity contribution >= 4 is 5.91 Å². The van der Waals surface area contributed by atoms with E-state index in [2.05, 4.69) is 13.8 Å². The maximum Gasteiger partial charge on any atom is 0.260 e. The predicted octanol–water partition coefficient (Wildman–Crippen LogP) is 3.63. The minimum atomic E-state index is -0.441. The van der Waals surface area contributed by atoms with Crippen LogP contribution in [0.25, 0.3) is 0 Å². The molecule has 0 spiro atoms. The third kappa shape index (κ3) is 4.83. The Kier molecular flexibility index (Phi) is 7.05. The van der Waals surface area contributed by atoms with Gasteiger partial charge in [-0.1, -0.05) is 32.4 Å². The molecule has 1 rings (SSSR count). The highest BCUT2D eigenvalue weighted by molar-refractivity contribution is 5.78. The Morgan fingerprint density at radius 1 is 1.35 bits per heavy atom. The second-order valence-electron chi connectivity index (χ2n) is 4.92. The van der Waals surface area contributed by atoms with Crippen LogP contribution in [0.15, 0.2) is 24.3 Å². The Morgan fingerprint density at radius 2 is 2.05 bits per heavy atom. The largest absolute Gasteiger partial charge is 0.481 e. The molecule has 0 aliphatic heterocycles. The third-order valence-corrected chi connectivity index (χ3v) is 3.38. The van der Waals surface area contributed by atoms with E-state index in [1.54, 1.807) is 12.1 Å². The standard InChI is InChI=1S/C16H24FNO2/c1-4-6-11-18(13(3)5-2)16(19)12-20-15-10-8-7-9-14(15)17/h7-10,13H,4-6,11-12H2,1-3H3. The molecule has 0 aliphatic rings. The van der Waals surface area contributed by atoms with Crippen LogP contribution >= 0.6 is 0 Å². The molecule has 0 saturated heterocycles. The predicted molar refractivity (Wildman–Crippen MR) is 78.3 cm³/mol. The third-order valence-electron chi connectivity index (χ3n) is 3.38. The fraction of sp³-hybridized carbons (Fsp3) is 0.562. The van der Waals surface area contributed by atoms with Crippen molar-refractivity contribution in [2.24, 2.45) is 0 Å². The van der Waals surface area contributed by atoms with Gasteiger partial charge in [0.25, 0.3) is 5.91 Å². The van der Waals surface area contributed by atoms with Crippen LogP contribution in [0.4, 0.5) is 4.39 Å². The van der Waals surface area contributed by atoms with Crippen LogP contribution in [0, 0.1) is 5.82 Å². The van der Waals surface area contributed by atoms with Gasteiger partial charge in [-0.05, 0) is 31.9 Å². The van der Waals surface area contributed by atoms with Crippen molar-refractivity contribution in [3.05, 3.63) is 30.1 Å². The zero-order valence-corrected chi connectivity index (χ0v) is 12.6. The van der Waals surface area contributed by atoms with E-state index in [-0.39, 0.29) is 24.3 Å². The molecule has 4 heteroatoms. The Morgan fingerprint density at radius 3 is 2.65 bits per heavy atom. The Labute approximate surface area is 120 Å². The molecule has 1 amide bonds. The molecule has 0 bridgehead atoms. The number of ether oxygens (including phenoxy) is 1. The van der Waals surface area contributed by atoms with Gasteiger partial charge in [0.1, 0.15) is 0 Å². The molecule has 0 saturated carbocycles. The summed E-state index contributed by atoms with van der Waals surface area (Å²) in [7, 11) is 0. The van der Waals surface area contributed by atoms with Crippen LogP contribution in [0.2, 0.25) is 0 Å². The summed E-state index contributed by atoms with van der Waals surface area (Å²) in [5.74, 6) is -0.402. The van der Waals surface area contributed by atoms with Gasteiger partial charge in [0, 0.05) is 12.6 Å². The summed E-state index contributed by atoms with van der Waals surface area (Å²) in [6, 6.07) is 6.31. The van der Waals surface area contributed by atoms with Crippen molar-refractivity contribution in [1.29, 1.82) is 0 Å². The Hall–Kier alpha value is -1.58. The minimum absolute atomic E-state index is 0.0870. The van der Waals surface area contributed by atoms with Crippen molar-refractivity contribution in [2.75, 3.05) is 13.2 Å². The lowest BCUT2D eigenvalue weighted by atomic mass is 10.2. The van der Waals surface area contributed by atoms with Crippen LogP contribution < -0.4 is 4.74 Å². The quantitative estimate of drug-likeness (QED) is 0.728. The summed E-state index contributed by atoms with van der Waals surface area (Å²) in [6.45, 7) is 6.78. The topological polar surface area (TPSA) is 29.5 Å². The fourth-order valence-electron chi connectivity index (χ4n) is 1.92. The zero-order chi connectivity index (χ0) is 15.0. The summed E-state index contributed by atoms with van der Waals surface area (Å²) in [5.41, 5.74) is 0. The number of unbranched alkanes of at least 4 members (excludes halogenated alkanes) is 1. The Balaban J connectivity index is 2.59. The van der Waals surface area contributed by atoms with E-state index < -0.39 is 5.82 Å². The molecular formula is C16H24FNO2. The van der Waals surface area contributed by atoms with Gasteiger partial charge in [0.05, 0.1) is 0 Å². The van der Waals surface area contributed by atoms with Crippen LogP contribution in [-0.4, -0.2) is 30.0 Å². The van der Waals surface area contributed by atoms with E-state index in [1.165, 1.54) is 12.1 Å². The van der Waals surface area contributed by atoms with E-state index in [0.29, 0.717) is 0 Å². The normalized spacial score (nSPS) is 12.0. The highest BCUT2D eigenvalue weighted by Gasteiger charge is 2.19. The molecule has 0 heterocycles. The summed E-state index contributed by atoms with van der Waals surface area (Å²) in [4.78, 5) is 14.0. The van der Waals surface area contributed by atoms with E-state index >= 15 is 0 Å². The van der Waals surface area contributed by atoms with Gasteiger partial charge >= 0.3 is 0 Å². The SMILES string of the molecule is CCCCN(C(=O)COc1ccccc1F)C(C)CC. The maximum atomic E-state index is 13.4. The van der Waals surface area contributed by atoms with Gasteiger partial charge in [-0.15, -0.1) is 0 Å². The maximum absolute atomic E-state index is 13.4. The number of rotatable bonds is 8. The molecule has 112 valence electrons. The highest BCUT2D eigenvalue weighted by atomic mass is 19.1. The van der Waals surface area contributed by atoms with Gasteiger partial charge in [0.2, 0.25) is 0 Å². The average Bonchev–Trinajstić information content (AvgIpc) is 2.46. The first-order valence-corrected chi connectivity index (χ1v) is 7.26. The van der Waals surface area contributed by atoms with Gasteiger partial charge in [0.15, 0.2) is 18.2 Å². The van der Waals surface area contributed by atoms with E-state index in [9.17, 15) is 9.18 Å². The number of hydrogen-bond donors (Lipinski definition) is 0. The molecule has 0 aromatic heterocycles. The fourth-order valence-corrected chi connectivity index (χ4v) is 1.92. The molecule has 1 unspecified atom stereocenters. The van der Waals surface area contributed by atoms with Gasteiger partial charge in [-0.25, -0.2) is 4.39 Å². The summed E-state index contributed by atoms with van der Waals surface area (Å²) < 4.78 is 18.7. The van der Waals surface area contributed by atoms with Gasteiger partial charge in [-0.3, -0.25) is 4.79 Å². The molecule has 1 aromatic carbocycles. The highest BCUT2D eigenvalue weighted by Crippen LogP contribution is 2.16. The van der Waals surface area contributed by atoms with E-state index in [4.69, 9.17) is 4.74 Å². The lowest BCUT2D eigenvalue weighted by Crippen LogP contribution is -2.41. The number of halogens is 1. The summed E-state index contributed by atoms with van der Waals surface area (Å²) in [5, 5.41) is 0. The lowest BCUT2D eigenvalue weighted by Gasteiger charge is -2.28. The van der Waals surface area contributed by atoms with Crippen LogP contribution in [0.5, 0.6) is 5.75 Å². The molecule has 1 atom stereocenters. The number of carbonyl (C=O) groups excluding carboxylic acids is 1. The van der Waals surface area contributed by atoms with Crippen molar-refractivity contribution in [2.45, 2.75) is 46.1 Å². The molecule has 0 aliphatic carbocycles. The summed E-state index contributed by atoms with van der Waals surface area (Å²) >= 11 is 0. The second kappa shape index (κ2) is 8.56. The van der Waals surface area contributed by atoms with Gasteiger partial charge in [-0.2, -0.15) is 0 Å². The number of para-hydroxylation sites is 1. The zero-order valence-electron chi connectivity index (χ0n) is 12.6. The van der Waals surface area contributed by atoms with Crippen LogP contribution in [0.3, 0.4) is 0 Å². The lowest BCUT2D eigenvalue weighted by molar-refractivity contribution is -0.135. The molecule has 0 N–H and O–H groups in total. The Bertz CT molecular complexity index is 423. The number of carbonyl (C=O) groups is 1. The summed E-state index contributed by atoms with van der Waals surface area (Å²) in [6.07, 6.45) is 2.90.